The van der Waals surface area contributed by atoms with Gasteiger partial charge in [-0.15, -0.1) is 0 Å². The number of rotatable bonds is 4. The second kappa shape index (κ2) is 6.30. The number of hydrogen-bond donors (Lipinski definition) is 0. The third-order valence-electron chi connectivity index (χ3n) is 4.08. The molecule has 1 heterocycles. The standard InChI is InChI=1S/C17H20O5/c1-3-20-17(18)12-6-4-11(5-7-12)13-8-9-14(19-2)16-15(13)21-10-22-16/h4,8-9,12H,3,5-7,10H2,1-2H3. The minimum absolute atomic E-state index is 0.0350. The second-order valence-electron chi connectivity index (χ2n) is 5.33. The predicted molar refractivity (Wildman–Crippen MR) is 81.1 cm³/mol. The van der Waals surface area contributed by atoms with Crippen molar-refractivity contribution in [3.05, 3.63) is 23.8 Å². The number of carbonyl (C=O) groups excluding carboxylic acids is 1. The first-order valence-corrected chi connectivity index (χ1v) is 7.57. The number of esters is 1. The van der Waals surface area contributed by atoms with Gasteiger partial charge in [0.25, 0.3) is 0 Å². The van der Waals surface area contributed by atoms with E-state index in [1.54, 1.807) is 7.11 Å². The van der Waals surface area contributed by atoms with Crippen LogP contribution in [0.15, 0.2) is 18.2 Å². The zero-order chi connectivity index (χ0) is 15.5. The number of allylic oxidation sites excluding steroid dienone is 2. The molecule has 0 N–H and O–H groups in total. The fourth-order valence-electron chi connectivity index (χ4n) is 2.94. The van der Waals surface area contributed by atoms with Gasteiger partial charge in [0, 0.05) is 5.56 Å². The Bertz CT molecular complexity index is 605. The summed E-state index contributed by atoms with van der Waals surface area (Å²) in [6.45, 7) is 2.48. The predicted octanol–water partition coefficient (Wildman–Crippen LogP) is 3.17. The highest BCUT2D eigenvalue weighted by atomic mass is 16.7. The molecule has 0 bridgehead atoms. The minimum Gasteiger partial charge on any atom is -0.493 e. The van der Waals surface area contributed by atoms with Crippen LogP contribution in [0, 0.1) is 5.92 Å². The number of benzene rings is 1. The summed E-state index contributed by atoms with van der Waals surface area (Å²) in [6.07, 6.45) is 4.43. The molecule has 118 valence electrons. The van der Waals surface area contributed by atoms with Crippen LogP contribution in [0.5, 0.6) is 17.2 Å². The van der Waals surface area contributed by atoms with E-state index in [1.807, 2.05) is 19.1 Å². The van der Waals surface area contributed by atoms with E-state index in [1.165, 1.54) is 5.57 Å². The van der Waals surface area contributed by atoms with Crippen molar-refractivity contribution in [1.29, 1.82) is 0 Å². The van der Waals surface area contributed by atoms with Gasteiger partial charge in [-0.05, 0) is 43.9 Å². The molecular formula is C17H20O5. The van der Waals surface area contributed by atoms with Crippen molar-refractivity contribution in [3.8, 4) is 17.2 Å². The fraction of sp³-hybridized carbons (Fsp3) is 0.471. The zero-order valence-electron chi connectivity index (χ0n) is 12.9. The Hall–Kier alpha value is -2.17. The summed E-state index contributed by atoms with van der Waals surface area (Å²) in [5.74, 6) is 1.94. The van der Waals surface area contributed by atoms with Crippen molar-refractivity contribution in [2.45, 2.75) is 26.2 Å². The van der Waals surface area contributed by atoms with Crippen LogP contribution < -0.4 is 14.2 Å². The Morgan fingerprint density at radius 1 is 1.32 bits per heavy atom. The van der Waals surface area contributed by atoms with Gasteiger partial charge in [0.05, 0.1) is 19.6 Å². The van der Waals surface area contributed by atoms with Gasteiger partial charge < -0.3 is 18.9 Å². The molecule has 22 heavy (non-hydrogen) atoms. The van der Waals surface area contributed by atoms with Gasteiger partial charge in [0.2, 0.25) is 12.5 Å². The summed E-state index contributed by atoms with van der Waals surface area (Å²) >= 11 is 0. The van der Waals surface area contributed by atoms with E-state index >= 15 is 0 Å². The lowest BCUT2D eigenvalue weighted by molar-refractivity contribution is -0.148. The lowest BCUT2D eigenvalue weighted by atomic mass is 9.86. The summed E-state index contributed by atoms with van der Waals surface area (Å²) in [5, 5.41) is 0. The largest absolute Gasteiger partial charge is 0.493 e. The van der Waals surface area contributed by atoms with Gasteiger partial charge in [0.15, 0.2) is 11.5 Å². The van der Waals surface area contributed by atoms with Gasteiger partial charge in [-0.2, -0.15) is 0 Å². The third kappa shape index (κ3) is 2.63. The topological polar surface area (TPSA) is 54.0 Å². The second-order valence-corrected chi connectivity index (χ2v) is 5.33. The molecule has 5 heteroatoms. The SMILES string of the molecule is CCOC(=O)C1CC=C(c2ccc(OC)c3c2OCO3)CC1. The van der Waals surface area contributed by atoms with Crippen LogP contribution in [-0.2, 0) is 9.53 Å². The summed E-state index contributed by atoms with van der Waals surface area (Å²) in [5.41, 5.74) is 2.21. The van der Waals surface area contributed by atoms with Crippen LogP contribution in [0.4, 0.5) is 0 Å². The van der Waals surface area contributed by atoms with Gasteiger partial charge in [-0.3, -0.25) is 4.79 Å². The van der Waals surface area contributed by atoms with Crippen molar-refractivity contribution in [1.82, 2.24) is 0 Å². The molecule has 0 saturated carbocycles. The summed E-state index contributed by atoms with van der Waals surface area (Å²) in [7, 11) is 1.61. The first-order chi connectivity index (χ1) is 10.7. The van der Waals surface area contributed by atoms with Crippen molar-refractivity contribution in [3.63, 3.8) is 0 Å². The average molecular weight is 304 g/mol. The molecule has 0 saturated heterocycles. The molecule has 1 unspecified atom stereocenters. The van der Waals surface area contributed by atoms with Crippen molar-refractivity contribution >= 4 is 11.5 Å². The Labute approximate surface area is 129 Å². The van der Waals surface area contributed by atoms with Crippen LogP contribution in [-0.4, -0.2) is 26.5 Å². The highest BCUT2D eigenvalue weighted by Crippen LogP contribution is 2.47. The first-order valence-electron chi connectivity index (χ1n) is 7.57. The number of fused-ring (bicyclic) bond motifs is 1. The molecule has 1 aromatic carbocycles. The van der Waals surface area contributed by atoms with Crippen LogP contribution in [0.1, 0.15) is 31.7 Å². The van der Waals surface area contributed by atoms with E-state index in [4.69, 9.17) is 18.9 Å². The number of hydrogen-bond acceptors (Lipinski definition) is 5. The molecule has 0 amide bonds. The maximum atomic E-state index is 11.8. The smallest absolute Gasteiger partial charge is 0.309 e. The Morgan fingerprint density at radius 2 is 2.14 bits per heavy atom. The van der Waals surface area contributed by atoms with Crippen LogP contribution >= 0.6 is 0 Å². The van der Waals surface area contributed by atoms with Crippen LogP contribution in [0.3, 0.4) is 0 Å². The van der Waals surface area contributed by atoms with E-state index in [9.17, 15) is 4.79 Å². The highest BCUT2D eigenvalue weighted by molar-refractivity contribution is 5.79. The van der Waals surface area contributed by atoms with Crippen molar-refractivity contribution < 1.29 is 23.7 Å². The Kier molecular flexibility index (Phi) is 4.22. The maximum Gasteiger partial charge on any atom is 0.309 e. The molecule has 1 atom stereocenters. The molecule has 1 aliphatic carbocycles. The van der Waals surface area contributed by atoms with E-state index in [0.717, 1.165) is 24.2 Å². The molecule has 1 aromatic rings. The lowest BCUT2D eigenvalue weighted by Gasteiger charge is -2.21. The molecule has 0 aromatic heterocycles. The van der Waals surface area contributed by atoms with E-state index in [-0.39, 0.29) is 18.7 Å². The van der Waals surface area contributed by atoms with Crippen molar-refractivity contribution in [2.24, 2.45) is 5.92 Å². The van der Waals surface area contributed by atoms with Gasteiger partial charge in [-0.1, -0.05) is 6.08 Å². The van der Waals surface area contributed by atoms with Gasteiger partial charge >= 0.3 is 5.97 Å². The molecule has 2 aliphatic rings. The minimum atomic E-state index is -0.0997. The molecule has 1 aliphatic heterocycles. The molecule has 0 fully saturated rings. The lowest BCUT2D eigenvalue weighted by Crippen LogP contribution is -2.19. The Balaban J connectivity index is 1.82. The number of methoxy groups -OCH3 is 1. The highest BCUT2D eigenvalue weighted by Gasteiger charge is 2.28. The molecule has 0 radical (unpaired) electrons. The molecule has 3 rings (SSSR count). The Morgan fingerprint density at radius 3 is 2.82 bits per heavy atom. The van der Waals surface area contributed by atoms with Gasteiger partial charge in [-0.25, -0.2) is 0 Å². The van der Waals surface area contributed by atoms with E-state index < -0.39 is 0 Å². The molecule has 5 nitrogen and oxygen atoms in total. The van der Waals surface area contributed by atoms with Crippen LogP contribution in [0.2, 0.25) is 0 Å². The van der Waals surface area contributed by atoms with Gasteiger partial charge in [0.1, 0.15) is 0 Å². The summed E-state index contributed by atoms with van der Waals surface area (Å²) in [6, 6.07) is 3.88. The summed E-state index contributed by atoms with van der Waals surface area (Å²) < 4.78 is 21.5. The third-order valence-corrected chi connectivity index (χ3v) is 4.08. The van der Waals surface area contributed by atoms with E-state index in [0.29, 0.717) is 24.5 Å². The zero-order valence-corrected chi connectivity index (χ0v) is 12.9. The molecule has 0 spiro atoms. The van der Waals surface area contributed by atoms with Crippen molar-refractivity contribution in [2.75, 3.05) is 20.5 Å². The van der Waals surface area contributed by atoms with Crippen LogP contribution in [0.25, 0.3) is 5.57 Å². The quantitative estimate of drug-likeness (QED) is 0.800. The van der Waals surface area contributed by atoms with E-state index in [2.05, 4.69) is 6.08 Å². The monoisotopic (exact) mass is 304 g/mol. The number of ether oxygens (including phenoxy) is 4. The number of carbonyl (C=O) groups is 1. The fourth-order valence-corrected chi connectivity index (χ4v) is 2.94. The first kappa shape index (κ1) is 14.8. The summed E-state index contributed by atoms with van der Waals surface area (Å²) in [4.78, 5) is 11.8. The molecular weight excluding hydrogens is 284 g/mol. The normalized spacial score (nSPS) is 19.5. The average Bonchev–Trinajstić information content (AvgIpc) is 3.04. The maximum absolute atomic E-state index is 11.8.